The van der Waals surface area contributed by atoms with Crippen LogP contribution in [0.5, 0.6) is 11.5 Å². The third-order valence-electron chi connectivity index (χ3n) is 2.80. The second-order valence-electron chi connectivity index (χ2n) is 4.25. The van der Waals surface area contributed by atoms with Crippen LogP contribution >= 0.6 is 0 Å². The van der Waals surface area contributed by atoms with Crippen molar-refractivity contribution in [3.8, 4) is 17.6 Å². The first-order valence-electron chi connectivity index (χ1n) is 5.94. The van der Waals surface area contributed by atoms with Gasteiger partial charge in [0.2, 0.25) is 0 Å². The fourth-order valence-electron chi connectivity index (χ4n) is 1.61. The van der Waals surface area contributed by atoms with Crippen LogP contribution in [0.2, 0.25) is 0 Å². The Kier molecular flexibility index (Phi) is 5.19. The second kappa shape index (κ2) is 6.64. The van der Waals surface area contributed by atoms with E-state index in [0.717, 1.165) is 5.56 Å². The van der Waals surface area contributed by atoms with Crippen LogP contribution in [-0.2, 0) is 0 Å². The number of nitrogens with zero attached hydrogens (tertiary/aromatic N) is 1. The first-order valence-corrected chi connectivity index (χ1v) is 5.94. The number of rotatable bonds is 5. The quantitative estimate of drug-likeness (QED) is 0.879. The molecule has 19 heavy (non-hydrogen) atoms. The lowest BCUT2D eigenvalue weighted by molar-refractivity contribution is 0.0950. The van der Waals surface area contributed by atoms with Crippen LogP contribution in [0.3, 0.4) is 0 Å². The second-order valence-corrected chi connectivity index (χ2v) is 4.25. The van der Waals surface area contributed by atoms with E-state index in [-0.39, 0.29) is 11.8 Å². The van der Waals surface area contributed by atoms with E-state index in [0.29, 0.717) is 23.6 Å². The summed E-state index contributed by atoms with van der Waals surface area (Å²) < 4.78 is 10.4. The Labute approximate surface area is 113 Å². The molecule has 1 aromatic carbocycles. The minimum Gasteiger partial charge on any atom is -0.496 e. The van der Waals surface area contributed by atoms with E-state index < -0.39 is 0 Å². The molecule has 0 saturated carbocycles. The molecule has 1 atom stereocenters. The molecular weight excluding hydrogens is 244 g/mol. The van der Waals surface area contributed by atoms with Crippen molar-refractivity contribution in [2.75, 3.05) is 20.8 Å². The largest absolute Gasteiger partial charge is 0.496 e. The molecule has 0 aliphatic carbocycles. The summed E-state index contributed by atoms with van der Waals surface area (Å²) in [4.78, 5) is 12.0. The smallest absolute Gasteiger partial charge is 0.251 e. The van der Waals surface area contributed by atoms with Crippen molar-refractivity contribution < 1.29 is 14.3 Å². The summed E-state index contributed by atoms with van der Waals surface area (Å²) in [5.74, 6) is 0.715. The minimum absolute atomic E-state index is 0.224. The highest BCUT2D eigenvalue weighted by atomic mass is 16.5. The minimum atomic E-state index is -0.251. The zero-order valence-electron chi connectivity index (χ0n) is 11.6. The number of carbonyl (C=O) groups is 1. The molecule has 1 rings (SSSR count). The number of hydrogen-bond acceptors (Lipinski definition) is 4. The summed E-state index contributed by atoms with van der Waals surface area (Å²) >= 11 is 0. The number of hydrogen-bond donors (Lipinski definition) is 1. The van der Waals surface area contributed by atoms with Gasteiger partial charge in [-0.05, 0) is 26.0 Å². The molecule has 0 aliphatic rings. The van der Waals surface area contributed by atoms with Gasteiger partial charge in [-0.15, -0.1) is 0 Å². The number of ether oxygens (including phenoxy) is 2. The molecule has 0 aromatic heterocycles. The highest BCUT2D eigenvalue weighted by Gasteiger charge is 2.14. The van der Waals surface area contributed by atoms with E-state index in [2.05, 4.69) is 11.4 Å². The average Bonchev–Trinajstić information content (AvgIpc) is 2.44. The van der Waals surface area contributed by atoms with Crippen molar-refractivity contribution in [3.05, 3.63) is 23.3 Å². The Morgan fingerprint density at radius 1 is 1.37 bits per heavy atom. The lowest BCUT2D eigenvalue weighted by Gasteiger charge is -2.13. The van der Waals surface area contributed by atoms with Gasteiger partial charge < -0.3 is 14.8 Å². The summed E-state index contributed by atoms with van der Waals surface area (Å²) in [6.07, 6.45) is 0. The topological polar surface area (TPSA) is 71.3 Å². The number of nitriles is 1. The molecule has 0 bridgehead atoms. The fraction of sp³-hybridized carbons (Fsp3) is 0.429. The first kappa shape index (κ1) is 14.8. The van der Waals surface area contributed by atoms with Crippen LogP contribution < -0.4 is 14.8 Å². The van der Waals surface area contributed by atoms with Crippen molar-refractivity contribution in [1.82, 2.24) is 5.32 Å². The molecule has 1 amide bonds. The predicted octanol–water partition coefficient (Wildman–Crippen LogP) is 1.90. The fourth-order valence-corrected chi connectivity index (χ4v) is 1.61. The molecule has 1 N–H and O–H groups in total. The summed E-state index contributed by atoms with van der Waals surface area (Å²) in [5, 5.41) is 11.4. The molecule has 1 unspecified atom stereocenters. The van der Waals surface area contributed by atoms with Gasteiger partial charge in [-0.2, -0.15) is 5.26 Å². The Morgan fingerprint density at radius 3 is 2.32 bits per heavy atom. The van der Waals surface area contributed by atoms with Gasteiger partial charge in [-0.25, -0.2) is 0 Å². The number of amides is 1. The SMILES string of the molecule is COc1cc(C(=O)NCC(C)C#N)cc(OC)c1C. The summed E-state index contributed by atoms with van der Waals surface area (Å²) in [5.41, 5.74) is 1.29. The zero-order valence-corrected chi connectivity index (χ0v) is 11.6. The molecule has 102 valence electrons. The predicted molar refractivity (Wildman–Crippen MR) is 71.4 cm³/mol. The maximum absolute atomic E-state index is 12.0. The Hall–Kier alpha value is -2.22. The molecule has 0 aliphatic heterocycles. The van der Waals surface area contributed by atoms with Gasteiger partial charge in [0.05, 0.1) is 26.2 Å². The highest BCUT2D eigenvalue weighted by molar-refractivity contribution is 5.95. The number of benzene rings is 1. The lowest BCUT2D eigenvalue weighted by atomic mass is 10.1. The third kappa shape index (κ3) is 3.62. The standard InChI is InChI=1S/C14H18N2O3/c1-9(7-15)8-16-14(17)11-5-12(18-3)10(2)13(6-11)19-4/h5-6,9H,8H2,1-4H3,(H,16,17). The summed E-state index contributed by atoms with van der Waals surface area (Å²) in [6.45, 7) is 3.92. The van der Waals surface area contributed by atoms with E-state index in [4.69, 9.17) is 14.7 Å². The van der Waals surface area contributed by atoms with Crippen molar-refractivity contribution in [1.29, 1.82) is 5.26 Å². The van der Waals surface area contributed by atoms with Crippen molar-refractivity contribution in [2.45, 2.75) is 13.8 Å². The van der Waals surface area contributed by atoms with Crippen molar-refractivity contribution in [2.24, 2.45) is 5.92 Å². The molecule has 5 heteroatoms. The van der Waals surface area contributed by atoms with Crippen LogP contribution in [0.15, 0.2) is 12.1 Å². The van der Waals surface area contributed by atoms with Crippen LogP contribution in [0, 0.1) is 24.2 Å². The van der Waals surface area contributed by atoms with E-state index in [9.17, 15) is 4.79 Å². The van der Waals surface area contributed by atoms with Gasteiger partial charge in [0.15, 0.2) is 0 Å². The Balaban J connectivity index is 2.94. The first-order chi connectivity index (χ1) is 9.03. The number of carbonyl (C=O) groups excluding carboxylic acids is 1. The third-order valence-corrected chi connectivity index (χ3v) is 2.80. The Morgan fingerprint density at radius 2 is 1.89 bits per heavy atom. The Bertz CT molecular complexity index is 481. The van der Waals surface area contributed by atoms with Crippen LogP contribution in [0.1, 0.15) is 22.8 Å². The summed E-state index contributed by atoms with van der Waals surface area (Å²) in [6, 6.07) is 5.38. The van der Waals surface area contributed by atoms with Crippen LogP contribution in [0.25, 0.3) is 0 Å². The normalized spacial score (nSPS) is 11.3. The monoisotopic (exact) mass is 262 g/mol. The van der Waals surface area contributed by atoms with Gasteiger partial charge in [0.25, 0.3) is 5.91 Å². The van der Waals surface area contributed by atoms with Gasteiger partial charge >= 0.3 is 0 Å². The van der Waals surface area contributed by atoms with E-state index in [1.54, 1.807) is 33.3 Å². The molecule has 0 spiro atoms. The molecule has 5 nitrogen and oxygen atoms in total. The van der Waals surface area contributed by atoms with Gasteiger partial charge in [-0.3, -0.25) is 4.79 Å². The number of nitrogens with one attached hydrogen (secondary N) is 1. The maximum atomic E-state index is 12.0. The van der Waals surface area contributed by atoms with E-state index in [1.165, 1.54) is 0 Å². The molecule has 1 aromatic rings. The van der Waals surface area contributed by atoms with Gasteiger partial charge in [0, 0.05) is 17.7 Å². The summed E-state index contributed by atoms with van der Waals surface area (Å²) in [7, 11) is 3.09. The van der Waals surface area contributed by atoms with Gasteiger partial charge in [0.1, 0.15) is 11.5 Å². The lowest BCUT2D eigenvalue weighted by Crippen LogP contribution is -2.27. The molecular formula is C14H18N2O3. The molecule has 0 heterocycles. The highest BCUT2D eigenvalue weighted by Crippen LogP contribution is 2.29. The molecule has 0 radical (unpaired) electrons. The van der Waals surface area contributed by atoms with Crippen molar-refractivity contribution in [3.63, 3.8) is 0 Å². The molecule has 0 fully saturated rings. The van der Waals surface area contributed by atoms with Crippen LogP contribution in [-0.4, -0.2) is 26.7 Å². The average molecular weight is 262 g/mol. The molecule has 0 saturated heterocycles. The maximum Gasteiger partial charge on any atom is 0.251 e. The van der Waals surface area contributed by atoms with Crippen molar-refractivity contribution >= 4 is 5.91 Å². The van der Waals surface area contributed by atoms with Gasteiger partial charge in [-0.1, -0.05) is 0 Å². The van der Waals surface area contributed by atoms with E-state index in [1.807, 2.05) is 6.92 Å². The van der Waals surface area contributed by atoms with E-state index >= 15 is 0 Å². The zero-order chi connectivity index (χ0) is 14.4. The number of methoxy groups -OCH3 is 2. The van der Waals surface area contributed by atoms with Crippen LogP contribution in [0.4, 0.5) is 0 Å².